The van der Waals surface area contributed by atoms with Crippen molar-refractivity contribution in [1.82, 2.24) is 0 Å². The van der Waals surface area contributed by atoms with Crippen LogP contribution in [0.25, 0.3) is 0 Å². The van der Waals surface area contributed by atoms with E-state index in [9.17, 15) is 9.90 Å². The van der Waals surface area contributed by atoms with E-state index in [0.717, 1.165) is 5.56 Å². The van der Waals surface area contributed by atoms with Crippen molar-refractivity contribution in [2.24, 2.45) is 0 Å². The van der Waals surface area contributed by atoms with Crippen LogP contribution in [0.5, 0.6) is 5.75 Å². The van der Waals surface area contributed by atoms with Crippen LogP contribution in [0.4, 0.5) is 0 Å². The van der Waals surface area contributed by atoms with Gasteiger partial charge in [0, 0.05) is 5.56 Å². The van der Waals surface area contributed by atoms with Gasteiger partial charge >= 0.3 is 0 Å². The number of Topliss-reactive ketones (excluding diaryl/α,β-unsaturated/α-hetero) is 1. The zero-order chi connectivity index (χ0) is 9.14. The van der Waals surface area contributed by atoms with E-state index in [2.05, 4.69) is 0 Å². The molecule has 0 aliphatic carbocycles. The Morgan fingerprint density at radius 3 is 2.75 bits per heavy atom. The number of carbonyl (C=O) groups is 1. The number of aromatic hydroxyl groups is 1. The summed E-state index contributed by atoms with van der Waals surface area (Å²) in [4.78, 5) is 11.2. The van der Waals surface area contributed by atoms with E-state index < -0.39 is 0 Å². The van der Waals surface area contributed by atoms with Gasteiger partial charge in [-0.15, -0.1) is 0 Å². The number of rotatable bonds is 2. The Hall–Kier alpha value is -0.580. The average Bonchev–Trinajstić information content (AvgIpc) is 2.08. The van der Waals surface area contributed by atoms with Crippen molar-refractivity contribution in [3.8, 4) is 5.75 Å². The number of carbonyl (C=O) groups excluding carboxylic acids is 1. The third kappa shape index (κ3) is 1.97. The summed E-state index contributed by atoms with van der Waals surface area (Å²) < 4.78 is 0.474. The van der Waals surface area contributed by atoms with Crippen LogP contribution in [0.2, 0.25) is 0 Å². The maximum absolute atomic E-state index is 11.2. The van der Waals surface area contributed by atoms with E-state index in [1.165, 1.54) is 0 Å². The number of hydrogen-bond donors (Lipinski definition) is 1. The molecule has 0 aliphatic heterocycles. The molecule has 1 aromatic carbocycles. The molecule has 0 saturated heterocycles. The summed E-state index contributed by atoms with van der Waals surface area (Å²) in [6, 6.07) is 4.90. The van der Waals surface area contributed by atoms with E-state index in [4.69, 9.17) is 0 Å². The Morgan fingerprint density at radius 2 is 2.25 bits per heavy atom. The molecule has 0 atom stereocenters. The molecule has 1 N–H and O–H groups in total. The first-order valence-corrected chi connectivity index (χ1v) is 5.06. The lowest BCUT2D eigenvalue weighted by Crippen LogP contribution is -1.99. The highest BCUT2D eigenvalue weighted by Gasteiger charge is 2.04. The van der Waals surface area contributed by atoms with Gasteiger partial charge in [-0.1, -0.05) is 22.6 Å². The maximum atomic E-state index is 11.2. The number of phenolic OH excluding ortho intramolecular Hbond substituents is 1. The fourth-order valence-electron chi connectivity index (χ4n) is 0.906. The number of benzene rings is 1. The molecule has 0 spiro atoms. The van der Waals surface area contributed by atoms with Crippen molar-refractivity contribution in [1.29, 1.82) is 0 Å². The zero-order valence-electron chi connectivity index (χ0n) is 6.67. The van der Waals surface area contributed by atoms with Gasteiger partial charge in [0.25, 0.3) is 0 Å². The SMILES string of the molecule is Cc1cc(C(=O)CI)ccc1O. The minimum atomic E-state index is 0.0960. The van der Waals surface area contributed by atoms with Gasteiger partial charge in [0.05, 0.1) is 4.43 Å². The molecule has 0 radical (unpaired) electrons. The second-order valence-corrected chi connectivity index (χ2v) is 3.32. The van der Waals surface area contributed by atoms with Crippen molar-refractivity contribution in [3.63, 3.8) is 0 Å². The van der Waals surface area contributed by atoms with Crippen LogP contribution in [0.1, 0.15) is 15.9 Å². The second kappa shape index (κ2) is 3.89. The highest BCUT2D eigenvalue weighted by molar-refractivity contribution is 14.1. The molecular weight excluding hydrogens is 267 g/mol. The smallest absolute Gasteiger partial charge is 0.172 e. The van der Waals surface area contributed by atoms with Gasteiger partial charge in [-0.25, -0.2) is 0 Å². The molecule has 0 saturated carbocycles. The lowest BCUT2D eigenvalue weighted by Gasteiger charge is -2.00. The summed E-state index contributed by atoms with van der Waals surface area (Å²) in [6.45, 7) is 1.78. The summed E-state index contributed by atoms with van der Waals surface area (Å²) in [5, 5.41) is 9.19. The number of ketones is 1. The Kier molecular flexibility index (Phi) is 3.08. The van der Waals surface area contributed by atoms with Gasteiger partial charge in [-0.2, -0.15) is 0 Å². The van der Waals surface area contributed by atoms with Crippen molar-refractivity contribution < 1.29 is 9.90 Å². The van der Waals surface area contributed by atoms with Crippen LogP contribution < -0.4 is 0 Å². The Morgan fingerprint density at radius 1 is 1.58 bits per heavy atom. The summed E-state index contributed by atoms with van der Waals surface area (Å²) in [5.74, 6) is 0.332. The van der Waals surface area contributed by atoms with Crippen LogP contribution in [0, 0.1) is 6.92 Å². The molecule has 1 rings (SSSR count). The van der Waals surface area contributed by atoms with Crippen molar-refractivity contribution in [3.05, 3.63) is 29.3 Å². The minimum Gasteiger partial charge on any atom is -0.508 e. The topological polar surface area (TPSA) is 37.3 Å². The van der Waals surface area contributed by atoms with Crippen molar-refractivity contribution in [2.45, 2.75) is 6.92 Å². The van der Waals surface area contributed by atoms with Gasteiger partial charge in [0.15, 0.2) is 5.78 Å². The highest BCUT2D eigenvalue weighted by atomic mass is 127. The molecule has 0 unspecified atom stereocenters. The normalized spacial score (nSPS) is 9.83. The third-order valence-electron chi connectivity index (χ3n) is 1.64. The second-order valence-electron chi connectivity index (χ2n) is 2.56. The molecule has 0 heterocycles. The number of alkyl halides is 1. The molecule has 12 heavy (non-hydrogen) atoms. The van der Waals surface area contributed by atoms with Gasteiger partial charge in [-0.05, 0) is 30.7 Å². The standard InChI is InChI=1S/C9H9IO2/c1-6-4-7(9(12)5-10)2-3-8(6)11/h2-4,11H,5H2,1H3. The zero-order valence-corrected chi connectivity index (χ0v) is 8.83. The molecule has 1 aromatic rings. The fourth-order valence-corrected chi connectivity index (χ4v) is 1.35. The monoisotopic (exact) mass is 276 g/mol. The largest absolute Gasteiger partial charge is 0.508 e. The molecule has 3 heteroatoms. The summed E-state index contributed by atoms with van der Waals surface area (Å²) in [5.41, 5.74) is 1.41. The van der Waals surface area contributed by atoms with E-state index in [0.29, 0.717) is 9.99 Å². The first-order valence-electron chi connectivity index (χ1n) is 3.54. The van der Waals surface area contributed by atoms with E-state index in [-0.39, 0.29) is 11.5 Å². The van der Waals surface area contributed by atoms with Crippen molar-refractivity contribution in [2.75, 3.05) is 4.43 Å². The first kappa shape index (κ1) is 9.51. The van der Waals surface area contributed by atoms with Gasteiger partial charge in [0.2, 0.25) is 0 Å². The van der Waals surface area contributed by atoms with Crippen molar-refractivity contribution >= 4 is 28.4 Å². The summed E-state index contributed by atoms with van der Waals surface area (Å²) >= 11 is 2.03. The van der Waals surface area contributed by atoms with Crippen LogP contribution >= 0.6 is 22.6 Å². The number of hydrogen-bond acceptors (Lipinski definition) is 2. The number of aryl methyl sites for hydroxylation is 1. The fraction of sp³-hybridized carbons (Fsp3) is 0.222. The van der Waals surface area contributed by atoms with E-state index in [1.54, 1.807) is 25.1 Å². The number of phenols is 1. The maximum Gasteiger partial charge on any atom is 0.172 e. The number of halogens is 1. The molecule has 2 nitrogen and oxygen atoms in total. The van der Waals surface area contributed by atoms with Crippen LogP contribution in [0.15, 0.2) is 18.2 Å². The first-order chi connectivity index (χ1) is 5.65. The summed E-state index contributed by atoms with van der Waals surface area (Å²) in [7, 11) is 0. The van der Waals surface area contributed by atoms with Crippen LogP contribution in [-0.4, -0.2) is 15.3 Å². The van der Waals surface area contributed by atoms with Gasteiger partial charge in [-0.3, -0.25) is 4.79 Å². The minimum absolute atomic E-state index is 0.0960. The Bertz CT molecular complexity index is 307. The molecule has 0 aliphatic rings. The van der Waals surface area contributed by atoms with E-state index >= 15 is 0 Å². The summed E-state index contributed by atoms with van der Waals surface area (Å²) in [6.07, 6.45) is 0. The molecule has 0 fully saturated rings. The van der Waals surface area contributed by atoms with Gasteiger partial charge in [0.1, 0.15) is 5.75 Å². The van der Waals surface area contributed by atoms with Crippen LogP contribution in [-0.2, 0) is 0 Å². The van der Waals surface area contributed by atoms with Crippen LogP contribution in [0.3, 0.4) is 0 Å². The molecule has 0 amide bonds. The predicted molar refractivity (Wildman–Crippen MR) is 56.1 cm³/mol. The lowest BCUT2D eigenvalue weighted by atomic mass is 10.1. The van der Waals surface area contributed by atoms with E-state index in [1.807, 2.05) is 22.6 Å². The quantitative estimate of drug-likeness (QED) is 0.511. The molecular formula is C9H9IO2. The Labute approximate surface area is 84.7 Å². The molecule has 0 bridgehead atoms. The average molecular weight is 276 g/mol. The molecule has 0 aromatic heterocycles. The predicted octanol–water partition coefficient (Wildman–Crippen LogP) is 2.32. The third-order valence-corrected chi connectivity index (χ3v) is 2.33. The Balaban J connectivity index is 3.05. The highest BCUT2D eigenvalue weighted by Crippen LogP contribution is 2.17. The lowest BCUT2D eigenvalue weighted by molar-refractivity contribution is 0.102. The van der Waals surface area contributed by atoms with Gasteiger partial charge < -0.3 is 5.11 Å². The molecule has 64 valence electrons.